The lowest BCUT2D eigenvalue weighted by atomic mass is 9.83. The van der Waals surface area contributed by atoms with Gasteiger partial charge in [-0.1, -0.05) is 13.8 Å². The van der Waals surface area contributed by atoms with Crippen LogP contribution in [0.4, 0.5) is 0 Å². The molecule has 2 rings (SSSR count). The molecule has 0 bridgehead atoms. The molecular formula is C14H20N2O3. The van der Waals surface area contributed by atoms with Crippen LogP contribution in [0.2, 0.25) is 0 Å². The molecule has 1 aliphatic heterocycles. The number of aromatic carboxylic acids is 1. The first kappa shape index (κ1) is 13.6. The van der Waals surface area contributed by atoms with Crippen LogP contribution < -0.4 is 0 Å². The molecule has 0 spiro atoms. The predicted octanol–water partition coefficient (Wildman–Crippen LogP) is 1.83. The van der Waals surface area contributed by atoms with Gasteiger partial charge in [-0.25, -0.2) is 4.79 Å². The van der Waals surface area contributed by atoms with Crippen LogP contribution in [0.5, 0.6) is 0 Å². The molecule has 5 heteroatoms. The van der Waals surface area contributed by atoms with E-state index in [1.165, 1.54) is 10.6 Å². The number of rotatable bonds is 3. The maximum absolute atomic E-state index is 12.2. The van der Waals surface area contributed by atoms with E-state index >= 15 is 0 Å². The van der Waals surface area contributed by atoms with Crippen LogP contribution in [-0.2, 0) is 11.3 Å². The Hall–Kier alpha value is -1.78. The molecular weight excluding hydrogens is 244 g/mol. The molecule has 1 fully saturated rings. The lowest BCUT2D eigenvalue weighted by molar-refractivity contribution is -0.133. The zero-order valence-corrected chi connectivity index (χ0v) is 11.4. The van der Waals surface area contributed by atoms with Crippen molar-refractivity contribution in [2.24, 2.45) is 5.41 Å². The Morgan fingerprint density at radius 1 is 1.32 bits per heavy atom. The SMILES string of the molecule is CC1(C)CCN(C(=O)Cn2cccc2C(=O)O)CC1. The summed E-state index contributed by atoms with van der Waals surface area (Å²) in [4.78, 5) is 25.0. The fraction of sp³-hybridized carbons (Fsp3) is 0.571. The number of piperidine rings is 1. The summed E-state index contributed by atoms with van der Waals surface area (Å²) in [7, 11) is 0. The van der Waals surface area contributed by atoms with Crippen molar-refractivity contribution in [2.75, 3.05) is 13.1 Å². The van der Waals surface area contributed by atoms with Crippen LogP contribution in [-0.4, -0.2) is 39.5 Å². The molecule has 1 aromatic heterocycles. The first-order valence-corrected chi connectivity index (χ1v) is 6.55. The summed E-state index contributed by atoms with van der Waals surface area (Å²) in [5.74, 6) is -1.01. The van der Waals surface area contributed by atoms with Crippen molar-refractivity contribution in [3.63, 3.8) is 0 Å². The summed E-state index contributed by atoms with van der Waals surface area (Å²) in [6.07, 6.45) is 3.63. The smallest absolute Gasteiger partial charge is 0.352 e. The average molecular weight is 264 g/mol. The zero-order chi connectivity index (χ0) is 14.0. The number of carboxylic acid groups (broad SMARTS) is 1. The van der Waals surface area contributed by atoms with E-state index in [4.69, 9.17) is 5.11 Å². The van der Waals surface area contributed by atoms with E-state index in [-0.39, 0.29) is 18.1 Å². The highest BCUT2D eigenvalue weighted by atomic mass is 16.4. The molecule has 0 unspecified atom stereocenters. The third-order valence-electron chi connectivity index (χ3n) is 3.82. The van der Waals surface area contributed by atoms with Crippen molar-refractivity contribution in [2.45, 2.75) is 33.2 Å². The standard InChI is InChI=1S/C14H20N2O3/c1-14(2)5-8-15(9-6-14)12(17)10-16-7-3-4-11(16)13(18)19/h3-4,7H,5-6,8-10H2,1-2H3,(H,18,19). The van der Waals surface area contributed by atoms with E-state index in [0.29, 0.717) is 5.41 Å². The summed E-state index contributed by atoms with van der Waals surface area (Å²) in [6, 6.07) is 3.16. The van der Waals surface area contributed by atoms with Crippen LogP contribution in [0.1, 0.15) is 37.2 Å². The van der Waals surface area contributed by atoms with E-state index in [9.17, 15) is 9.59 Å². The Morgan fingerprint density at radius 2 is 1.95 bits per heavy atom. The molecule has 0 aliphatic carbocycles. The maximum Gasteiger partial charge on any atom is 0.352 e. The number of carbonyl (C=O) groups is 2. The molecule has 1 amide bonds. The minimum Gasteiger partial charge on any atom is -0.477 e. The van der Waals surface area contributed by atoms with Crippen molar-refractivity contribution < 1.29 is 14.7 Å². The van der Waals surface area contributed by atoms with Gasteiger partial charge in [0, 0.05) is 19.3 Å². The Kier molecular flexibility index (Phi) is 3.64. The molecule has 5 nitrogen and oxygen atoms in total. The molecule has 1 N–H and O–H groups in total. The molecule has 0 atom stereocenters. The minimum atomic E-state index is -1.00. The number of amides is 1. The second-order valence-corrected chi connectivity index (χ2v) is 5.87. The minimum absolute atomic E-state index is 0.00537. The molecule has 1 aromatic rings. The Balaban J connectivity index is 1.98. The predicted molar refractivity (Wildman–Crippen MR) is 71.0 cm³/mol. The fourth-order valence-corrected chi connectivity index (χ4v) is 2.35. The molecule has 1 aliphatic rings. The highest BCUT2D eigenvalue weighted by Gasteiger charge is 2.28. The molecule has 0 radical (unpaired) electrons. The largest absolute Gasteiger partial charge is 0.477 e. The summed E-state index contributed by atoms with van der Waals surface area (Å²) in [5.41, 5.74) is 0.460. The Labute approximate surface area is 112 Å². The highest BCUT2D eigenvalue weighted by Crippen LogP contribution is 2.29. The second kappa shape index (κ2) is 5.07. The Bertz CT molecular complexity index is 481. The van der Waals surface area contributed by atoms with Crippen molar-refractivity contribution in [3.8, 4) is 0 Å². The molecule has 19 heavy (non-hydrogen) atoms. The van der Waals surface area contributed by atoms with Gasteiger partial charge in [-0.05, 0) is 30.4 Å². The molecule has 104 valence electrons. The van der Waals surface area contributed by atoms with Gasteiger partial charge in [-0.2, -0.15) is 0 Å². The first-order chi connectivity index (χ1) is 8.89. The highest BCUT2D eigenvalue weighted by molar-refractivity contribution is 5.86. The number of hydrogen-bond acceptors (Lipinski definition) is 2. The van der Waals surface area contributed by atoms with Gasteiger partial charge in [0.25, 0.3) is 0 Å². The van der Waals surface area contributed by atoms with E-state index in [1.54, 1.807) is 12.3 Å². The third-order valence-corrected chi connectivity index (χ3v) is 3.82. The number of carboxylic acids is 1. The lowest BCUT2D eigenvalue weighted by Crippen LogP contribution is -2.42. The average Bonchev–Trinajstić information content (AvgIpc) is 2.77. The first-order valence-electron chi connectivity index (χ1n) is 6.55. The third kappa shape index (κ3) is 3.16. The second-order valence-electron chi connectivity index (χ2n) is 5.87. The van der Waals surface area contributed by atoms with E-state index in [0.717, 1.165) is 25.9 Å². The van der Waals surface area contributed by atoms with Crippen LogP contribution >= 0.6 is 0 Å². The number of carbonyl (C=O) groups excluding carboxylic acids is 1. The van der Waals surface area contributed by atoms with Crippen LogP contribution in [0.25, 0.3) is 0 Å². The topological polar surface area (TPSA) is 62.5 Å². The summed E-state index contributed by atoms with van der Waals surface area (Å²) < 4.78 is 1.49. The van der Waals surface area contributed by atoms with Gasteiger partial charge in [0.15, 0.2) is 0 Å². The van der Waals surface area contributed by atoms with Crippen molar-refractivity contribution in [1.29, 1.82) is 0 Å². The van der Waals surface area contributed by atoms with Gasteiger partial charge in [0.1, 0.15) is 12.2 Å². The van der Waals surface area contributed by atoms with E-state index in [1.807, 2.05) is 4.90 Å². The Morgan fingerprint density at radius 3 is 2.53 bits per heavy atom. The van der Waals surface area contributed by atoms with Crippen LogP contribution in [0.15, 0.2) is 18.3 Å². The quantitative estimate of drug-likeness (QED) is 0.906. The fourth-order valence-electron chi connectivity index (χ4n) is 2.35. The lowest BCUT2D eigenvalue weighted by Gasteiger charge is -2.37. The summed E-state index contributed by atoms with van der Waals surface area (Å²) >= 11 is 0. The zero-order valence-electron chi connectivity index (χ0n) is 11.4. The van der Waals surface area contributed by atoms with Crippen molar-refractivity contribution >= 4 is 11.9 Å². The van der Waals surface area contributed by atoms with Crippen LogP contribution in [0.3, 0.4) is 0 Å². The number of nitrogens with zero attached hydrogens (tertiary/aromatic N) is 2. The monoisotopic (exact) mass is 264 g/mol. The van der Waals surface area contributed by atoms with Gasteiger partial charge in [0.05, 0.1) is 0 Å². The van der Waals surface area contributed by atoms with Gasteiger partial charge in [0.2, 0.25) is 5.91 Å². The number of aromatic nitrogens is 1. The van der Waals surface area contributed by atoms with Crippen molar-refractivity contribution in [3.05, 3.63) is 24.0 Å². The maximum atomic E-state index is 12.2. The molecule has 0 saturated carbocycles. The number of hydrogen-bond donors (Lipinski definition) is 1. The summed E-state index contributed by atoms with van der Waals surface area (Å²) in [6.45, 7) is 6.05. The molecule has 0 aromatic carbocycles. The van der Waals surface area contributed by atoms with Gasteiger partial charge >= 0.3 is 5.97 Å². The van der Waals surface area contributed by atoms with Gasteiger partial charge in [-0.3, -0.25) is 4.79 Å². The van der Waals surface area contributed by atoms with E-state index in [2.05, 4.69) is 13.8 Å². The molecule has 2 heterocycles. The van der Waals surface area contributed by atoms with Crippen molar-refractivity contribution in [1.82, 2.24) is 9.47 Å². The normalized spacial score (nSPS) is 18.3. The van der Waals surface area contributed by atoms with Gasteiger partial charge < -0.3 is 14.6 Å². The summed E-state index contributed by atoms with van der Waals surface area (Å²) in [5, 5.41) is 9.00. The van der Waals surface area contributed by atoms with E-state index < -0.39 is 5.97 Å². The number of likely N-dealkylation sites (tertiary alicyclic amines) is 1. The molecule has 1 saturated heterocycles. The van der Waals surface area contributed by atoms with Crippen LogP contribution in [0, 0.1) is 5.41 Å². The van der Waals surface area contributed by atoms with Gasteiger partial charge in [-0.15, -0.1) is 0 Å².